The zero-order valence-electron chi connectivity index (χ0n) is 10.2. The third-order valence-corrected chi connectivity index (χ3v) is 3.32. The van der Waals surface area contributed by atoms with Crippen LogP contribution in [0.1, 0.15) is 12.5 Å². The van der Waals surface area contributed by atoms with Gasteiger partial charge in [0.2, 0.25) is 5.91 Å². The Balaban J connectivity index is 1.95. The third-order valence-electron chi connectivity index (χ3n) is 3.32. The second-order valence-electron chi connectivity index (χ2n) is 4.70. The summed E-state index contributed by atoms with van der Waals surface area (Å²) in [6.45, 7) is 3.46. The van der Waals surface area contributed by atoms with Gasteiger partial charge in [-0.25, -0.2) is 8.78 Å². The van der Waals surface area contributed by atoms with Crippen molar-refractivity contribution in [1.29, 1.82) is 0 Å². The van der Waals surface area contributed by atoms with Crippen molar-refractivity contribution in [2.24, 2.45) is 11.8 Å². The van der Waals surface area contributed by atoms with Gasteiger partial charge in [0.15, 0.2) is 0 Å². The molecule has 3 nitrogen and oxygen atoms in total. The van der Waals surface area contributed by atoms with Crippen LogP contribution >= 0.6 is 0 Å². The van der Waals surface area contributed by atoms with E-state index in [2.05, 4.69) is 10.6 Å². The van der Waals surface area contributed by atoms with Crippen molar-refractivity contribution in [1.82, 2.24) is 10.6 Å². The summed E-state index contributed by atoms with van der Waals surface area (Å²) >= 11 is 0. The molecule has 1 aromatic rings. The van der Waals surface area contributed by atoms with Crippen LogP contribution in [0.25, 0.3) is 0 Å². The Kier molecular flexibility index (Phi) is 3.91. The van der Waals surface area contributed by atoms with Gasteiger partial charge in [-0.1, -0.05) is 6.92 Å². The Labute approximate surface area is 105 Å². The predicted octanol–water partition coefficient (Wildman–Crippen LogP) is 1.44. The summed E-state index contributed by atoms with van der Waals surface area (Å²) in [7, 11) is 0. The van der Waals surface area contributed by atoms with Crippen LogP contribution in [-0.2, 0) is 11.3 Å². The molecule has 98 valence electrons. The number of rotatable bonds is 3. The third kappa shape index (κ3) is 2.85. The molecule has 1 amide bonds. The summed E-state index contributed by atoms with van der Waals surface area (Å²) in [4.78, 5) is 11.9. The van der Waals surface area contributed by atoms with Crippen LogP contribution in [0.15, 0.2) is 18.2 Å². The summed E-state index contributed by atoms with van der Waals surface area (Å²) in [5.41, 5.74) is 0.168. The lowest BCUT2D eigenvalue weighted by atomic mass is 9.97. The maximum Gasteiger partial charge on any atom is 0.224 e. The van der Waals surface area contributed by atoms with Gasteiger partial charge < -0.3 is 10.6 Å². The first-order valence-electron chi connectivity index (χ1n) is 6.00. The topological polar surface area (TPSA) is 41.1 Å². The molecule has 0 bridgehead atoms. The molecule has 0 aromatic heterocycles. The van der Waals surface area contributed by atoms with Crippen molar-refractivity contribution >= 4 is 5.91 Å². The van der Waals surface area contributed by atoms with Crippen LogP contribution in [0, 0.1) is 23.5 Å². The Morgan fingerprint density at radius 2 is 2.22 bits per heavy atom. The number of amides is 1. The minimum Gasteiger partial charge on any atom is -0.352 e. The van der Waals surface area contributed by atoms with Crippen molar-refractivity contribution in [3.63, 3.8) is 0 Å². The molecule has 18 heavy (non-hydrogen) atoms. The number of nitrogens with one attached hydrogen (secondary N) is 2. The first-order chi connectivity index (χ1) is 8.58. The molecule has 1 aliphatic rings. The van der Waals surface area contributed by atoms with E-state index in [-0.39, 0.29) is 29.9 Å². The highest BCUT2D eigenvalue weighted by Gasteiger charge is 2.29. The molecular weight excluding hydrogens is 238 g/mol. The maximum absolute atomic E-state index is 13.3. The van der Waals surface area contributed by atoms with E-state index in [1.54, 1.807) is 0 Å². The van der Waals surface area contributed by atoms with Crippen LogP contribution in [0.2, 0.25) is 0 Å². The number of carbonyl (C=O) groups excluding carboxylic acids is 1. The van der Waals surface area contributed by atoms with Crippen molar-refractivity contribution < 1.29 is 13.6 Å². The minimum atomic E-state index is -0.505. The molecule has 0 saturated carbocycles. The molecule has 1 heterocycles. The van der Waals surface area contributed by atoms with E-state index >= 15 is 0 Å². The van der Waals surface area contributed by atoms with E-state index < -0.39 is 11.6 Å². The molecule has 2 N–H and O–H groups in total. The van der Waals surface area contributed by atoms with Gasteiger partial charge in [0.1, 0.15) is 11.6 Å². The van der Waals surface area contributed by atoms with E-state index in [1.165, 1.54) is 0 Å². The minimum absolute atomic E-state index is 0.0195. The number of hydrogen-bond acceptors (Lipinski definition) is 2. The van der Waals surface area contributed by atoms with Gasteiger partial charge >= 0.3 is 0 Å². The fraction of sp³-hybridized carbons (Fsp3) is 0.462. The molecule has 5 heteroatoms. The lowest BCUT2D eigenvalue weighted by molar-refractivity contribution is -0.125. The zero-order chi connectivity index (χ0) is 13.1. The summed E-state index contributed by atoms with van der Waals surface area (Å²) < 4.78 is 26.3. The van der Waals surface area contributed by atoms with Crippen molar-refractivity contribution in [2.45, 2.75) is 13.5 Å². The average Bonchev–Trinajstić information content (AvgIpc) is 2.76. The van der Waals surface area contributed by atoms with E-state index in [0.29, 0.717) is 6.54 Å². The predicted molar refractivity (Wildman–Crippen MR) is 63.7 cm³/mol. The van der Waals surface area contributed by atoms with Crippen LogP contribution in [0.3, 0.4) is 0 Å². The Morgan fingerprint density at radius 3 is 2.89 bits per heavy atom. The van der Waals surface area contributed by atoms with Crippen LogP contribution in [0.5, 0.6) is 0 Å². The van der Waals surface area contributed by atoms with Gasteiger partial charge in [0.05, 0.1) is 5.92 Å². The molecule has 0 unspecified atom stereocenters. The van der Waals surface area contributed by atoms with Gasteiger partial charge in [-0.2, -0.15) is 0 Å². The van der Waals surface area contributed by atoms with E-state index in [9.17, 15) is 13.6 Å². The fourth-order valence-corrected chi connectivity index (χ4v) is 2.15. The highest BCUT2D eigenvalue weighted by atomic mass is 19.1. The lowest BCUT2D eigenvalue weighted by Crippen LogP contribution is -2.34. The van der Waals surface area contributed by atoms with Crippen LogP contribution in [-0.4, -0.2) is 19.0 Å². The molecule has 1 saturated heterocycles. The van der Waals surface area contributed by atoms with Crippen LogP contribution < -0.4 is 10.6 Å². The summed E-state index contributed by atoms with van der Waals surface area (Å²) in [5, 5.41) is 5.78. The van der Waals surface area contributed by atoms with Crippen LogP contribution in [0.4, 0.5) is 8.78 Å². The molecule has 2 rings (SSSR count). The molecular formula is C13H16F2N2O. The van der Waals surface area contributed by atoms with Gasteiger partial charge in [-0.3, -0.25) is 4.79 Å². The fourth-order valence-electron chi connectivity index (χ4n) is 2.15. The van der Waals surface area contributed by atoms with E-state index in [0.717, 1.165) is 24.7 Å². The first kappa shape index (κ1) is 13.0. The summed E-state index contributed by atoms with van der Waals surface area (Å²) in [5.74, 6) is -0.953. The Bertz CT molecular complexity index is 451. The lowest BCUT2D eigenvalue weighted by Gasteiger charge is -2.14. The molecule has 0 spiro atoms. The number of benzene rings is 1. The Hall–Kier alpha value is -1.49. The molecule has 1 fully saturated rings. The molecule has 1 aromatic carbocycles. The molecule has 2 atom stereocenters. The highest BCUT2D eigenvalue weighted by Crippen LogP contribution is 2.16. The zero-order valence-corrected chi connectivity index (χ0v) is 10.2. The van der Waals surface area contributed by atoms with E-state index in [1.807, 2.05) is 6.92 Å². The number of halogens is 2. The Morgan fingerprint density at radius 1 is 1.44 bits per heavy atom. The molecule has 1 aliphatic heterocycles. The molecule has 0 aliphatic carbocycles. The standard InChI is InChI=1S/C13H16F2N2O/c1-8-5-16-7-11(8)13(18)17-6-9-4-10(14)2-3-12(9)15/h2-4,8,11,16H,5-7H2,1H3,(H,17,18)/t8-,11-/m1/s1. The largest absolute Gasteiger partial charge is 0.352 e. The number of hydrogen-bond donors (Lipinski definition) is 2. The van der Waals surface area contributed by atoms with Crippen molar-refractivity contribution in [3.05, 3.63) is 35.4 Å². The van der Waals surface area contributed by atoms with Gasteiger partial charge in [-0.05, 0) is 30.7 Å². The summed E-state index contributed by atoms with van der Waals surface area (Å²) in [6, 6.07) is 3.23. The SMILES string of the molecule is C[C@@H]1CNC[C@H]1C(=O)NCc1cc(F)ccc1F. The second kappa shape index (κ2) is 5.44. The van der Waals surface area contributed by atoms with E-state index in [4.69, 9.17) is 0 Å². The number of carbonyl (C=O) groups is 1. The smallest absolute Gasteiger partial charge is 0.224 e. The first-order valence-corrected chi connectivity index (χ1v) is 6.00. The van der Waals surface area contributed by atoms with Gasteiger partial charge in [-0.15, -0.1) is 0 Å². The molecule has 0 radical (unpaired) electrons. The van der Waals surface area contributed by atoms with Gasteiger partial charge in [0.25, 0.3) is 0 Å². The van der Waals surface area contributed by atoms with Crippen molar-refractivity contribution in [3.8, 4) is 0 Å². The average molecular weight is 254 g/mol. The quantitative estimate of drug-likeness (QED) is 0.857. The monoisotopic (exact) mass is 254 g/mol. The van der Waals surface area contributed by atoms with Gasteiger partial charge in [0, 0.05) is 18.7 Å². The van der Waals surface area contributed by atoms with Crippen molar-refractivity contribution in [2.75, 3.05) is 13.1 Å². The maximum atomic E-state index is 13.3. The summed E-state index contributed by atoms with van der Waals surface area (Å²) in [6.07, 6.45) is 0. The highest BCUT2D eigenvalue weighted by molar-refractivity contribution is 5.79. The normalized spacial score (nSPS) is 23.1. The second-order valence-corrected chi connectivity index (χ2v) is 4.70.